The summed E-state index contributed by atoms with van der Waals surface area (Å²) in [6.07, 6.45) is 2.66. The van der Waals surface area contributed by atoms with Crippen LogP contribution in [0.15, 0.2) is 45.9 Å². The number of sulfonamides is 1. The molecule has 0 radical (unpaired) electrons. The van der Waals surface area contributed by atoms with E-state index in [0.717, 1.165) is 24.8 Å². The number of benzene rings is 1. The Bertz CT molecular complexity index is 871. The van der Waals surface area contributed by atoms with Crippen LogP contribution in [0.1, 0.15) is 48.3 Å². The lowest BCUT2D eigenvalue weighted by molar-refractivity contribution is 0.0906. The van der Waals surface area contributed by atoms with Crippen LogP contribution >= 0.6 is 0 Å². The van der Waals surface area contributed by atoms with Gasteiger partial charge in [-0.05, 0) is 49.6 Å². The molecular formula is C18H21FN2O4S. The summed E-state index contributed by atoms with van der Waals surface area (Å²) in [4.78, 5) is 12.3. The zero-order valence-electron chi connectivity index (χ0n) is 14.4. The second-order valence-corrected chi connectivity index (χ2v) is 8.20. The molecule has 1 N–H and O–H groups in total. The first kappa shape index (κ1) is 18.6. The van der Waals surface area contributed by atoms with Crippen LogP contribution < -0.4 is 5.32 Å². The number of nitrogens with zero attached hydrogens (tertiary/aromatic N) is 1. The maximum atomic E-state index is 13.0. The maximum Gasteiger partial charge on any atom is 0.287 e. The summed E-state index contributed by atoms with van der Waals surface area (Å²) in [7, 11) is -3.72. The summed E-state index contributed by atoms with van der Waals surface area (Å²) < 4.78 is 44.8. The fraction of sp³-hybridized carbons (Fsp3) is 0.389. The number of carbonyl (C=O) groups excluding carboxylic acids is 1. The Hall–Kier alpha value is -2.19. The minimum absolute atomic E-state index is 0.0745. The second-order valence-electron chi connectivity index (χ2n) is 6.33. The molecule has 140 valence electrons. The molecule has 8 heteroatoms. The lowest BCUT2D eigenvalue weighted by Gasteiger charge is -2.24. The first-order chi connectivity index (χ1) is 12.4. The number of amides is 1. The van der Waals surface area contributed by atoms with Gasteiger partial charge in [0.15, 0.2) is 5.76 Å². The second kappa shape index (κ2) is 7.59. The van der Waals surface area contributed by atoms with Crippen LogP contribution in [0.25, 0.3) is 0 Å². The molecule has 3 rings (SSSR count). The smallest absolute Gasteiger partial charge is 0.287 e. The highest BCUT2D eigenvalue weighted by molar-refractivity contribution is 7.89. The van der Waals surface area contributed by atoms with Crippen LogP contribution in [-0.4, -0.2) is 31.7 Å². The number of halogens is 1. The van der Waals surface area contributed by atoms with Gasteiger partial charge in [-0.1, -0.05) is 18.6 Å². The van der Waals surface area contributed by atoms with Crippen LogP contribution in [0, 0.1) is 5.82 Å². The Labute approximate surface area is 152 Å². The van der Waals surface area contributed by atoms with Crippen molar-refractivity contribution < 1.29 is 22.0 Å². The predicted octanol–water partition coefficient (Wildman–Crippen LogP) is 3.08. The fourth-order valence-corrected chi connectivity index (χ4v) is 4.34. The van der Waals surface area contributed by atoms with Crippen molar-refractivity contribution in [3.05, 3.63) is 53.5 Å². The van der Waals surface area contributed by atoms with E-state index in [4.69, 9.17) is 4.42 Å². The monoisotopic (exact) mass is 380 g/mol. The van der Waals surface area contributed by atoms with E-state index in [0.29, 0.717) is 13.1 Å². The Morgan fingerprint density at radius 1 is 1.12 bits per heavy atom. The van der Waals surface area contributed by atoms with Gasteiger partial charge in [0.2, 0.25) is 5.09 Å². The first-order valence-corrected chi connectivity index (χ1v) is 9.98. The van der Waals surface area contributed by atoms with Crippen LogP contribution in [0.4, 0.5) is 4.39 Å². The van der Waals surface area contributed by atoms with E-state index < -0.39 is 15.9 Å². The van der Waals surface area contributed by atoms with Gasteiger partial charge in [0.1, 0.15) is 5.82 Å². The quantitative estimate of drug-likeness (QED) is 0.864. The van der Waals surface area contributed by atoms with Gasteiger partial charge < -0.3 is 9.73 Å². The summed E-state index contributed by atoms with van der Waals surface area (Å²) in [5, 5.41) is 2.49. The van der Waals surface area contributed by atoms with Crippen molar-refractivity contribution >= 4 is 15.9 Å². The Kier molecular flexibility index (Phi) is 5.43. The first-order valence-electron chi connectivity index (χ1n) is 8.54. The van der Waals surface area contributed by atoms with E-state index in [1.807, 2.05) is 0 Å². The fourth-order valence-electron chi connectivity index (χ4n) is 2.92. The number of piperidine rings is 1. The minimum atomic E-state index is -3.72. The minimum Gasteiger partial charge on any atom is -0.438 e. The Morgan fingerprint density at radius 3 is 2.42 bits per heavy atom. The number of hydrogen-bond donors (Lipinski definition) is 1. The van der Waals surface area contributed by atoms with Crippen molar-refractivity contribution in [1.29, 1.82) is 0 Å². The largest absolute Gasteiger partial charge is 0.438 e. The molecule has 1 fully saturated rings. The lowest BCUT2D eigenvalue weighted by atomic mass is 10.1. The van der Waals surface area contributed by atoms with Crippen molar-refractivity contribution in [3.63, 3.8) is 0 Å². The predicted molar refractivity (Wildman–Crippen MR) is 93.6 cm³/mol. The van der Waals surface area contributed by atoms with Crippen molar-refractivity contribution in [2.45, 2.75) is 37.3 Å². The average molecular weight is 380 g/mol. The van der Waals surface area contributed by atoms with Gasteiger partial charge in [0, 0.05) is 13.1 Å². The van der Waals surface area contributed by atoms with Gasteiger partial charge in [-0.2, -0.15) is 4.31 Å². The molecule has 6 nitrogen and oxygen atoms in total. The molecule has 1 aromatic carbocycles. The summed E-state index contributed by atoms with van der Waals surface area (Å²) in [5.74, 6) is -0.956. The van der Waals surface area contributed by atoms with Gasteiger partial charge in [-0.25, -0.2) is 12.8 Å². The molecule has 0 aliphatic carbocycles. The van der Waals surface area contributed by atoms with Crippen molar-refractivity contribution in [3.8, 4) is 0 Å². The molecule has 1 unspecified atom stereocenters. The molecule has 0 spiro atoms. The molecule has 2 heterocycles. The number of nitrogens with one attached hydrogen (secondary N) is 1. The van der Waals surface area contributed by atoms with Gasteiger partial charge >= 0.3 is 0 Å². The third-order valence-electron chi connectivity index (χ3n) is 4.43. The summed E-state index contributed by atoms with van der Waals surface area (Å²) in [6.45, 7) is 2.68. The van der Waals surface area contributed by atoms with Gasteiger partial charge in [0.25, 0.3) is 15.9 Å². The summed E-state index contributed by atoms with van der Waals surface area (Å²) in [5.41, 5.74) is 0.729. The average Bonchev–Trinajstić information content (AvgIpc) is 3.14. The van der Waals surface area contributed by atoms with Gasteiger partial charge in [-0.15, -0.1) is 0 Å². The normalized spacial score (nSPS) is 17.0. The number of furan rings is 1. The highest BCUT2D eigenvalue weighted by Gasteiger charge is 2.29. The van der Waals surface area contributed by atoms with Crippen molar-refractivity contribution in [2.75, 3.05) is 13.1 Å². The molecule has 1 aliphatic rings. The third-order valence-corrected chi connectivity index (χ3v) is 6.20. The van der Waals surface area contributed by atoms with E-state index in [9.17, 15) is 17.6 Å². The number of hydrogen-bond acceptors (Lipinski definition) is 4. The molecule has 1 atom stereocenters. The van der Waals surface area contributed by atoms with Crippen LogP contribution in [0.5, 0.6) is 0 Å². The molecule has 1 aromatic heterocycles. The zero-order valence-corrected chi connectivity index (χ0v) is 15.3. The maximum absolute atomic E-state index is 13.0. The van der Waals surface area contributed by atoms with Crippen molar-refractivity contribution in [1.82, 2.24) is 9.62 Å². The highest BCUT2D eigenvalue weighted by atomic mass is 32.2. The molecule has 1 saturated heterocycles. The molecule has 1 aliphatic heterocycles. The van der Waals surface area contributed by atoms with E-state index in [-0.39, 0.29) is 22.7 Å². The van der Waals surface area contributed by atoms with E-state index in [1.54, 1.807) is 19.1 Å². The summed E-state index contributed by atoms with van der Waals surface area (Å²) in [6, 6.07) is 8.06. The summed E-state index contributed by atoms with van der Waals surface area (Å²) >= 11 is 0. The number of carbonyl (C=O) groups is 1. The van der Waals surface area contributed by atoms with E-state index in [1.165, 1.54) is 28.6 Å². The van der Waals surface area contributed by atoms with Crippen molar-refractivity contribution in [2.24, 2.45) is 0 Å². The SMILES string of the molecule is CC(NC(=O)c1ccc(S(=O)(=O)N2CCCCC2)o1)c1ccc(F)cc1. The molecule has 0 bridgehead atoms. The van der Waals surface area contributed by atoms with Crippen LogP contribution in [0.2, 0.25) is 0 Å². The standard InChI is InChI=1S/C18H21FN2O4S/c1-13(14-5-7-15(19)8-6-14)20-18(22)16-9-10-17(25-16)26(23,24)21-11-3-2-4-12-21/h5-10,13H,2-4,11-12H2,1H3,(H,20,22). The Morgan fingerprint density at radius 2 is 1.77 bits per heavy atom. The molecular weight excluding hydrogens is 359 g/mol. The van der Waals surface area contributed by atoms with E-state index >= 15 is 0 Å². The van der Waals surface area contributed by atoms with Gasteiger partial charge in [0.05, 0.1) is 6.04 Å². The molecule has 2 aromatic rings. The van der Waals surface area contributed by atoms with E-state index in [2.05, 4.69) is 5.32 Å². The molecule has 0 saturated carbocycles. The molecule has 26 heavy (non-hydrogen) atoms. The number of rotatable bonds is 5. The van der Waals surface area contributed by atoms with Crippen LogP contribution in [-0.2, 0) is 10.0 Å². The Balaban J connectivity index is 1.70. The van der Waals surface area contributed by atoms with Gasteiger partial charge in [-0.3, -0.25) is 4.79 Å². The highest BCUT2D eigenvalue weighted by Crippen LogP contribution is 2.23. The topological polar surface area (TPSA) is 79.6 Å². The van der Waals surface area contributed by atoms with Crippen LogP contribution in [0.3, 0.4) is 0 Å². The zero-order chi connectivity index (χ0) is 18.7. The lowest BCUT2D eigenvalue weighted by Crippen LogP contribution is -2.35. The third kappa shape index (κ3) is 3.96. The molecule has 1 amide bonds.